The molecule has 7 nitrogen and oxygen atoms in total. The summed E-state index contributed by atoms with van der Waals surface area (Å²) in [7, 11) is 0. The van der Waals surface area contributed by atoms with Crippen molar-refractivity contribution >= 4 is 28.5 Å². The first-order chi connectivity index (χ1) is 17.0. The molecule has 0 unspecified atom stereocenters. The van der Waals surface area contributed by atoms with Gasteiger partial charge in [0.25, 0.3) is 11.8 Å². The predicted molar refractivity (Wildman–Crippen MR) is 131 cm³/mol. The van der Waals surface area contributed by atoms with Crippen LogP contribution in [0.3, 0.4) is 0 Å². The highest BCUT2D eigenvalue weighted by atomic mass is 19.1. The van der Waals surface area contributed by atoms with Crippen LogP contribution in [0.1, 0.15) is 39.1 Å². The van der Waals surface area contributed by atoms with Gasteiger partial charge >= 0.3 is 0 Å². The molecule has 3 heterocycles. The third-order valence-electron chi connectivity index (χ3n) is 7.11. The number of likely N-dealkylation sites (tertiary alicyclic amines) is 1. The van der Waals surface area contributed by atoms with E-state index >= 15 is 0 Å². The Balaban J connectivity index is 1.26. The maximum atomic E-state index is 13.3. The number of piperazine rings is 1. The van der Waals surface area contributed by atoms with Crippen LogP contribution >= 0.6 is 0 Å². The van der Waals surface area contributed by atoms with E-state index in [4.69, 9.17) is 0 Å². The highest BCUT2D eigenvalue weighted by Gasteiger charge is 2.27. The van der Waals surface area contributed by atoms with Crippen molar-refractivity contribution in [1.29, 1.82) is 0 Å². The molecule has 0 spiro atoms. The van der Waals surface area contributed by atoms with Gasteiger partial charge in [-0.3, -0.25) is 14.4 Å². The summed E-state index contributed by atoms with van der Waals surface area (Å²) < 4.78 is 13.2. The van der Waals surface area contributed by atoms with E-state index < -0.39 is 11.7 Å². The highest BCUT2D eigenvalue weighted by molar-refractivity contribution is 6.43. The molecule has 2 fully saturated rings. The van der Waals surface area contributed by atoms with Gasteiger partial charge in [0.05, 0.1) is 5.56 Å². The fourth-order valence-corrected chi connectivity index (χ4v) is 5.04. The molecule has 1 aromatic heterocycles. The average molecular weight is 477 g/mol. The number of rotatable bonds is 5. The molecule has 2 N–H and O–H groups in total. The summed E-state index contributed by atoms with van der Waals surface area (Å²) in [6, 6.07) is 11.7. The smallest absolute Gasteiger partial charge is 0.295 e. The minimum absolute atomic E-state index is 0.0745. The lowest BCUT2D eigenvalue weighted by Crippen LogP contribution is -2.48. The van der Waals surface area contributed by atoms with Crippen LogP contribution in [0.4, 0.5) is 4.39 Å². The van der Waals surface area contributed by atoms with Crippen molar-refractivity contribution in [3.05, 3.63) is 71.2 Å². The number of hydrogen-bond donors (Lipinski definition) is 2. The molecule has 0 bridgehead atoms. The number of amides is 2. The maximum Gasteiger partial charge on any atom is 0.295 e. The molecule has 2 aliphatic rings. The average Bonchev–Trinajstić information content (AvgIpc) is 3.33. The van der Waals surface area contributed by atoms with E-state index in [1.165, 1.54) is 12.1 Å². The molecule has 2 saturated heterocycles. The number of benzene rings is 2. The molecule has 2 aliphatic heterocycles. The second-order valence-corrected chi connectivity index (χ2v) is 9.40. The Morgan fingerprint density at radius 1 is 0.914 bits per heavy atom. The van der Waals surface area contributed by atoms with E-state index in [0.29, 0.717) is 61.7 Å². The zero-order chi connectivity index (χ0) is 24.4. The van der Waals surface area contributed by atoms with Crippen molar-refractivity contribution in [3.63, 3.8) is 0 Å². The highest BCUT2D eigenvalue weighted by Crippen LogP contribution is 2.26. The number of H-pyrrole nitrogens is 1. The molecule has 5 rings (SSSR count). The van der Waals surface area contributed by atoms with Crippen molar-refractivity contribution in [1.82, 2.24) is 20.1 Å². The van der Waals surface area contributed by atoms with Gasteiger partial charge in [0.15, 0.2) is 0 Å². The Labute approximate surface area is 203 Å². The summed E-state index contributed by atoms with van der Waals surface area (Å²) in [5.74, 6) is -0.902. The number of aromatic nitrogens is 1. The third kappa shape index (κ3) is 4.98. The second-order valence-electron chi connectivity index (χ2n) is 9.40. The Kier molecular flexibility index (Phi) is 6.63. The van der Waals surface area contributed by atoms with E-state index in [1.54, 1.807) is 29.3 Å². The summed E-state index contributed by atoms with van der Waals surface area (Å²) >= 11 is 0. The number of nitrogens with zero attached hydrogens (tertiary/aromatic N) is 2. The number of nitrogens with one attached hydrogen (secondary N) is 2. The Morgan fingerprint density at radius 2 is 1.63 bits per heavy atom. The van der Waals surface area contributed by atoms with Crippen LogP contribution in [0.2, 0.25) is 0 Å². The summed E-state index contributed by atoms with van der Waals surface area (Å²) in [6.07, 6.45) is 4.33. The fourth-order valence-electron chi connectivity index (χ4n) is 5.04. The lowest BCUT2D eigenvalue weighted by Gasteiger charge is -2.32. The fraction of sp³-hybridized carbons (Fsp3) is 0.370. The van der Waals surface area contributed by atoms with Crippen LogP contribution in [0.25, 0.3) is 10.9 Å². The van der Waals surface area contributed by atoms with Gasteiger partial charge in [0.2, 0.25) is 5.78 Å². The Bertz CT molecular complexity index is 1240. The number of carbonyl (C=O) groups excluding carboxylic acids is 3. The number of Topliss-reactive ketones (excluding diaryl/α,β-unsaturated/α-hetero) is 1. The first kappa shape index (κ1) is 23.2. The lowest BCUT2D eigenvalue weighted by molar-refractivity contribution is -0.126. The van der Waals surface area contributed by atoms with E-state index in [0.717, 1.165) is 30.3 Å². The maximum absolute atomic E-state index is 13.3. The Hall–Kier alpha value is -3.52. The Morgan fingerprint density at radius 3 is 2.34 bits per heavy atom. The molecule has 182 valence electrons. The SMILES string of the molecule is O=C(C(=O)N1CCNCC1)c1ccc2[nH]cc(C(=O)N3CCC(Cc4ccc(F)cc4)CC3)c2c1. The topological polar surface area (TPSA) is 85.5 Å². The number of hydrogen-bond acceptors (Lipinski definition) is 4. The van der Waals surface area contributed by atoms with Gasteiger partial charge in [0, 0.05) is 61.9 Å². The van der Waals surface area contributed by atoms with Gasteiger partial charge in [-0.1, -0.05) is 12.1 Å². The lowest BCUT2D eigenvalue weighted by atomic mass is 9.90. The summed E-state index contributed by atoms with van der Waals surface area (Å²) in [4.78, 5) is 45.4. The summed E-state index contributed by atoms with van der Waals surface area (Å²) in [5.41, 5.74) is 2.68. The van der Waals surface area contributed by atoms with E-state index in [-0.39, 0.29) is 11.7 Å². The number of halogens is 1. The summed E-state index contributed by atoms with van der Waals surface area (Å²) in [5, 5.41) is 3.83. The third-order valence-corrected chi connectivity index (χ3v) is 7.11. The first-order valence-electron chi connectivity index (χ1n) is 12.2. The van der Waals surface area contributed by atoms with Crippen LogP contribution in [0.5, 0.6) is 0 Å². The number of aromatic amines is 1. The standard InChI is InChI=1S/C27H29FN4O3/c28-21-4-1-18(2-5-21)15-19-7-11-31(12-8-19)26(34)23-17-30-24-6-3-20(16-22(23)24)25(33)27(35)32-13-9-29-10-14-32/h1-6,16-17,19,29-30H,7-15H2. The molecule has 0 saturated carbocycles. The van der Waals surface area contributed by atoms with Crippen LogP contribution in [-0.4, -0.2) is 71.6 Å². The van der Waals surface area contributed by atoms with E-state index in [2.05, 4.69) is 10.3 Å². The van der Waals surface area contributed by atoms with Crippen LogP contribution < -0.4 is 5.32 Å². The minimum Gasteiger partial charge on any atom is -0.360 e. The minimum atomic E-state index is -0.546. The van der Waals surface area contributed by atoms with Gasteiger partial charge in [-0.2, -0.15) is 0 Å². The van der Waals surface area contributed by atoms with E-state index in [9.17, 15) is 18.8 Å². The van der Waals surface area contributed by atoms with Gasteiger partial charge in [-0.15, -0.1) is 0 Å². The number of ketones is 1. The van der Waals surface area contributed by atoms with Crippen LogP contribution in [-0.2, 0) is 11.2 Å². The number of piperidine rings is 1. The molecule has 3 aromatic rings. The molecule has 0 atom stereocenters. The number of fused-ring (bicyclic) bond motifs is 1. The van der Waals surface area contributed by atoms with Gasteiger partial charge < -0.3 is 20.1 Å². The van der Waals surface area contributed by atoms with Crippen molar-refractivity contribution < 1.29 is 18.8 Å². The molecular formula is C27H29FN4O3. The predicted octanol–water partition coefficient (Wildman–Crippen LogP) is 3.02. The molecule has 0 aliphatic carbocycles. The zero-order valence-electron chi connectivity index (χ0n) is 19.6. The molecule has 0 radical (unpaired) electrons. The van der Waals surface area contributed by atoms with Gasteiger partial charge in [0.1, 0.15) is 5.82 Å². The second kappa shape index (κ2) is 10.00. The van der Waals surface area contributed by atoms with Crippen LogP contribution in [0.15, 0.2) is 48.7 Å². The monoisotopic (exact) mass is 476 g/mol. The first-order valence-corrected chi connectivity index (χ1v) is 12.2. The molecule has 8 heteroatoms. The summed E-state index contributed by atoms with van der Waals surface area (Å²) in [6.45, 7) is 3.68. The normalized spacial score (nSPS) is 17.1. The van der Waals surface area contributed by atoms with Gasteiger partial charge in [-0.25, -0.2) is 4.39 Å². The quantitative estimate of drug-likeness (QED) is 0.438. The van der Waals surface area contributed by atoms with Crippen molar-refractivity contribution in [2.75, 3.05) is 39.3 Å². The van der Waals surface area contributed by atoms with Crippen LogP contribution in [0, 0.1) is 11.7 Å². The number of carbonyl (C=O) groups is 3. The van der Waals surface area contributed by atoms with Crippen molar-refractivity contribution in [2.45, 2.75) is 19.3 Å². The molecule has 35 heavy (non-hydrogen) atoms. The molecular weight excluding hydrogens is 447 g/mol. The van der Waals surface area contributed by atoms with Gasteiger partial charge in [-0.05, 0) is 61.1 Å². The van der Waals surface area contributed by atoms with E-state index in [1.807, 2.05) is 17.0 Å². The molecule has 2 amide bonds. The van der Waals surface area contributed by atoms with Crippen molar-refractivity contribution in [2.24, 2.45) is 5.92 Å². The van der Waals surface area contributed by atoms with Crippen molar-refractivity contribution in [3.8, 4) is 0 Å². The largest absolute Gasteiger partial charge is 0.360 e. The molecule has 2 aromatic carbocycles. The zero-order valence-corrected chi connectivity index (χ0v) is 19.6.